The third-order valence-electron chi connectivity index (χ3n) is 2.48. The summed E-state index contributed by atoms with van der Waals surface area (Å²) in [4.78, 5) is 32.6. The fourth-order valence-electron chi connectivity index (χ4n) is 1.75. The Kier molecular flexibility index (Phi) is 8.32. The van der Waals surface area contributed by atoms with Gasteiger partial charge in [0.1, 0.15) is 0 Å². The van der Waals surface area contributed by atoms with E-state index < -0.39 is 17.9 Å². The molecule has 0 aromatic rings. The molecule has 0 bridgehead atoms. The number of carboxylic acids is 1. The van der Waals surface area contributed by atoms with E-state index in [1.807, 2.05) is 13.8 Å². The van der Waals surface area contributed by atoms with Crippen molar-refractivity contribution in [3.05, 3.63) is 0 Å². The fraction of sp³-hybridized carbons (Fsp3) is 0.750. The lowest BCUT2D eigenvalue weighted by atomic mass is 9.94. The average Bonchev–Trinajstić information content (AvgIpc) is 2.23. The Bertz CT molecular complexity index is 318. The van der Waals surface area contributed by atoms with Crippen molar-refractivity contribution < 1.29 is 19.5 Å². The minimum atomic E-state index is -0.874. The van der Waals surface area contributed by atoms with Gasteiger partial charge in [-0.05, 0) is 18.3 Å². The number of carbonyl (C=O) groups is 3. The topological polar surface area (TPSA) is 122 Å². The highest BCUT2D eigenvalue weighted by Crippen LogP contribution is 2.14. The van der Waals surface area contributed by atoms with Crippen LogP contribution in [0, 0.1) is 11.8 Å². The van der Waals surface area contributed by atoms with Crippen LogP contribution < -0.4 is 16.4 Å². The highest BCUT2D eigenvalue weighted by Gasteiger charge is 2.15. The summed E-state index contributed by atoms with van der Waals surface area (Å²) >= 11 is 0. The molecule has 1 unspecified atom stereocenters. The van der Waals surface area contributed by atoms with Crippen molar-refractivity contribution in [3.63, 3.8) is 0 Å². The minimum Gasteiger partial charge on any atom is -0.481 e. The van der Waals surface area contributed by atoms with E-state index in [9.17, 15) is 14.4 Å². The summed E-state index contributed by atoms with van der Waals surface area (Å²) in [7, 11) is 0. The normalized spacial score (nSPS) is 11.9. The third-order valence-corrected chi connectivity index (χ3v) is 2.48. The van der Waals surface area contributed by atoms with E-state index in [-0.39, 0.29) is 25.3 Å². The van der Waals surface area contributed by atoms with Gasteiger partial charge in [0, 0.05) is 25.9 Å². The second-order valence-electron chi connectivity index (χ2n) is 4.95. The zero-order chi connectivity index (χ0) is 14.8. The molecule has 0 saturated carbocycles. The molecule has 0 aromatic heterocycles. The van der Waals surface area contributed by atoms with Gasteiger partial charge in [0.2, 0.25) is 5.91 Å². The van der Waals surface area contributed by atoms with Crippen LogP contribution in [-0.2, 0) is 9.59 Å². The SMILES string of the molecule is CC(C)CC(CNC(=O)NCCC(N)=O)CC(=O)O. The number of urea groups is 1. The summed E-state index contributed by atoms with van der Waals surface area (Å²) in [5.41, 5.74) is 4.93. The summed E-state index contributed by atoms with van der Waals surface area (Å²) in [6.45, 7) is 4.48. The molecule has 7 heteroatoms. The minimum absolute atomic E-state index is 0.0275. The molecular weight excluding hydrogens is 250 g/mol. The maximum atomic E-state index is 11.4. The van der Waals surface area contributed by atoms with Crippen molar-refractivity contribution in [2.24, 2.45) is 17.6 Å². The number of carbonyl (C=O) groups excluding carboxylic acids is 2. The van der Waals surface area contributed by atoms with Crippen molar-refractivity contribution >= 4 is 17.9 Å². The van der Waals surface area contributed by atoms with Crippen LogP contribution in [0.5, 0.6) is 0 Å². The van der Waals surface area contributed by atoms with Gasteiger partial charge in [-0.15, -0.1) is 0 Å². The van der Waals surface area contributed by atoms with Crippen LogP contribution in [0.2, 0.25) is 0 Å². The number of nitrogens with one attached hydrogen (secondary N) is 2. The van der Waals surface area contributed by atoms with Crippen LogP contribution in [0.3, 0.4) is 0 Å². The van der Waals surface area contributed by atoms with Gasteiger partial charge in [0.15, 0.2) is 0 Å². The van der Waals surface area contributed by atoms with Gasteiger partial charge in [-0.3, -0.25) is 9.59 Å². The Morgan fingerprint density at radius 1 is 1.21 bits per heavy atom. The molecule has 5 N–H and O–H groups in total. The maximum Gasteiger partial charge on any atom is 0.314 e. The van der Waals surface area contributed by atoms with Gasteiger partial charge >= 0.3 is 12.0 Å². The van der Waals surface area contributed by atoms with Gasteiger partial charge in [-0.1, -0.05) is 13.8 Å². The molecule has 1 atom stereocenters. The molecule has 0 radical (unpaired) electrons. The Hall–Kier alpha value is -1.79. The quantitative estimate of drug-likeness (QED) is 0.482. The van der Waals surface area contributed by atoms with Crippen LogP contribution in [0.1, 0.15) is 33.1 Å². The molecule has 0 heterocycles. The molecule has 0 fully saturated rings. The van der Waals surface area contributed by atoms with Gasteiger partial charge in [0.25, 0.3) is 0 Å². The molecule has 0 saturated heterocycles. The molecule has 0 aromatic carbocycles. The summed E-state index contributed by atoms with van der Waals surface area (Å²) in [5, 5.41) is 13.9. The van der Waals surface area contributed by atoms with Crippen LogP contribution in [0.15, 0.2) is 0 Å². The maximum absolute atomic E-state index is 11.4. The molecule has 0 spiro atoms. The first-order valence-electron chi connectivity index (χ1n) is 6.33. The Balaban J connectivity index is 3.98. The van der Waals surface area contributed by atoms with E-state index in [2.05, 4.69) is 10.6 Å². The molecule has 0 aliphatic carbocycles. The first-order chi connectivity index (χ1) is 8.81. The second-order valence-corrected chi connectivity index (χ2v) is 4.95. The monoisotopic (exact) mass is 273 g/mol. The zero-order valence-corrected chi connectivity index (χ0v) is 11.4. The van der Waals surface area contributed by atoms with Crippen molar-refractivity contribution in [1.29, 1.82) is 0 Å². The van der Waals surface area contributed by atoms with E-state index in [1.165, 1.54) is 0 Å². The van der Waals surface area contributed by atoms with Gasteiger partial charge < -0.3 is 21.5 Å². The van der Waals surface area contributed by atoms with Crippen molar-refractivity contribution in [1.82, 2.24) is 10.6 Å². The predicted molar refractivity (Wildman–Crippen MR) is 70.4 cm³/mol. The summed E-state index contributed by atoms with van der Waals surface area (Å²) in [6.07, 6.45) is 0.839. The Morgan fingerprint density at radius 2 is 1.84 bits per heavy atom. The van der Waals surface area contributed by atoms with Crippen molar-refractivity contribution in [3.8, 4) is 0 Å². The smallest absolute Gasteiger partial charge is 0.314 e. The highest BCUT2D eigenvalue weighted by atomic mass is 16.4. The molecule has 0 aliphatic rings. The summed E-state index contributed by atoms with van der Waals surface area (Å²) in [5.74, 6) is -1.09. The number of amides is 3. The first kappa shape index (κ1) is 17.2. The highest BCUT2D eigenvalue weighted by molar-refractivity contribution is 5.77. The average molecular weight is 273 g/mol. The van der Waals surface area contributed by atoms with Gasteiger partial charge in [-0.2, -0.15) is 0 Å². The number of carboxylic acid groups (broad SMARTS) is 1. The molecule has 3 amide bonds. The number of primary amides is 1. The summed E-state index contributed by atoms with van der Waals surface area (Å²) in [6, 6.07) is -0.416. The fourth-order valence-corrected chi connectivity index (χ4v) is 1.75. The van der Waals surface area contributed by atoms with Gasteiger partial charge in [0.05, 0.1) is 0 Å². The summed E-state index contributed by atoms with van der Waals surface area (Å²) < 4.78 is 0. The van der Waals surface area contributed by atoms with Crippen molar-refractivity contribution in [2.75, 3.05) is 13.1 Å². The van der Waals surface area contributed by atoms with E-state index in [0.717, 1.165) is 6.42 Å². The lowest BCUT2D eigenvalue weighted by molar-refractivity contribution is -0.138. The number of rotatable bonds is 9. The van der Waals surface area contributed by atoms with E-state index in [4.69, 9.17) is 10.8 Å². The largest absolute Gasteiger partial charge is 0.481 e. The lowest BCUT2D eigenvalue weighted by Crippen LogP contribution is -2.40. The van der Waals surface area contributed by atoms with E-state index in [0.29, 0.717) is 12.5 Å². The molecule has 0 aliphatic heterocycles. The molecule has 110 valence electrons. The van der Waals surface area contributed by atoms with Crippen molar-refractivity contribution in [2.45, 2.75) is 33.1 Å². The van der Waals surface area contributed by atoms with E-state index in [1.54, 1.807) is 0 Å². The lowest BCUT2D eigenvalue weighted by Gasteiger charge is -2.17. The number of aliphatic carboxylic acids is 1. The number of hydrogen-bond acceptors (Lipinski definition) is 3. The molecular formula is C12H23N3O4. The van der Waals surface area contributed by atoms with Crippen LogP contribution in [-0.4, -0.2) is 36.1 Å². The third kappa shape index (κ3) is 11.1. The second kappa shape index (κ2) is 9.18. The van der Waals surface area contributed by atoms with Crippen LogP contribution >= 0.6 is 0 Å². The number of nitrogens with two attached hydrogens (primary N) is 1. The van der Waals surface area contributed by atoms with Crippen LogP contribution in [0.4, 0.5) is 4.79 Å². The number of hydrogen-bond donors (Lipinski definition) is 4. The van der Waals surface area contributed by atoms with Crippen LogP contribution in [0.25, 0.3) is 0 Å². The van der Waals surface area contributed by atoms with E-state index >= 15 is 0 Å². The molecule has 19 heavy (non-hydrogen) atoms. The standard InChI is InChI=1S/C12H23N3O4/c1-8(2)5-9(6-11(17)18)7-15-12(19)14-4-3-10(13)16/h8-9H,3-7H2,1-2H3,(H2,13,16)(H,17,18)(H2,14,15,19). The Labute approximate surface area is 112 Å². The predicted octanol–water partition coefficient (Wildman–Crippen LogP) is 0.298. The molecule has 0 rings (SSSR count). The zero-order valence-electron chi connectivity index (χ0n) is 11.4. The first-order valence-corrected chi connectivity index (χ1v) is 6.33. The molecule has 7 nitrogen and oxygen atoms in total. The Morgan fingerprint density at radius 3 is 2.32 bits per heavy atom. The van der Waals surface area contributed by atoms with Gasteiger partial charge in [-0.25, -0.2) is 4.79 Å².